The van der Waals surface area contributed by atoms with Crippen LogP contribution in [-0.4, -0.2) is 42.0 Å². The molecule has 1 saturated carbocycles. The highest BCUT2D eigenvalue weighted by Gasteiger charge is 2.40. The number of aliphatic hydroxyl groups is 1. The second-order valence-electron chi connectivity index (χ2n) is 3.44. The van der Waals surface area contributed by atoms with E-state index in [4.69, 9.17) is 4.74 Å². The third-order valence-corrected chi connectivity index (χ3v) is 2.75. The van der Waals surface area contributed by atoms with Crippen LogP contribution in [-0.2, 0) is 4.74 Å². The molecule has 3 heteroatoms. The molecule has 0 unspecified atom stereocenters. The van der Waals surface area contributed by atoms with Gasteiger partial charge in [0.15, 0.2) is 0 Å². The largest absolute Gasteiger partial charge is 0.379 e. The van der Waals surface area contributed by atoms with Gasteiger partial charge in [0.25, 0.3) is 0 Å². The monoisotopic (exact) mass is 157 g/mol. The van der Waals surface area contributed by atoms with Gasteiger partial charge >= 0.3 is 0 Å². The van der Waals surface area contributed by atoms with E-state index in [0.29, 0.717) is 0 Å². The molecule has 1 aliphatic carbocycles. The molecule has 2 rings (SSSR count). The normalized spacial score (nSPS) is 31.4. The van der Waals surface area contributed by atoms with Crippen molar-refractivity contribution < 1.29 is 9.84 Å². The van der Waals surface area contributed by atoms with E-state index >= 15 is 0 Å². The number of morpholine rings is 1. The summed E-state index contributed by atoms with van der Waals surface area (Å²) in [6, 6.07) is 0. The summed E-state index contributed by atoms with van der Waals surface area (Å²) in [5, 5.41) is 9.91. The predicted octanol–water partition coefficient (Wildman–Crippen LogP) is 0.191. The van der Waals surface area contributed by atoms with Crippen molar-refractivity contribution in [3.8, 4) is 0 Å². The molecule has 11 heavy (non-hydrogen) atoms. The van der Waals surface area contributed by atoms with E-state index in [9.17, 15) is 5.11 Å². The van der Waals surface area contributed by atoms with Gasteiger partial charge < -0.3 is 9.84 Å². The Bertz CT molecular complexity index is 139. The molecule has 0 aromatic heterocycles. The Hall–Kier alpha value is -0.120. The highest BCUT2D eigenvalue weighted by molar-refractivity contribution is 4.88. The first-order valence-electron chi connectivity index (χ1n) is 4.36. The van der Waals surface area contributed by atoms with Gasteiger partial charge in [-0.3, -0.25) is 4.90 Å². The van der Waals surface area contributed by atoms with E-state index in [1.807, 2.05) is 0 Å². The van der Waals surface area contributed by atoms with Crippen molar-refractivity contribution in [3.63, 3.8) is 0 Å². The van der Waals surface area contributed by atoms with Gasteiger partial charge in [-0.2, -0.15) is 0 Å². The molecule has 2 fully saturated rings. The molecule has 2 aliphatic rings. The van der Waals surface area contributed by atoms with Gasteiger partial charge in [0.05, 0.1) is 13.2 Å². The van der Waals surface area contributed by atoms with Crippen LogP contribution in [0.25, 0.3) is 0 Å². The highest BCUT2D eigenvalue weighted by Crippen LogP contribution is 2.35. The first kappa shape index (κ1) is 7.53. The number of hydrogen-bond donors (Lipinski definition) is 1. The van der Waals surface area contributed by atoms with Crippen molar-refractivity contribution in [1.82, 2.24) is 4.90 Å². The Morgan fingerprint density at radius 1 is 1.18 bits per heavy atom. The fourth-order valence-corrected chi connectivity index (χ4v) is 1.79. The fraction of sp³-hybridized carbons (Fsp3) is 1.00. The number of nitrogens with zero attached hydrogens (tertiary/aromatic N) is 1. The summed E-state index contributed by atoms with van der Waals surface area (Å²) < 4.78 is 5.21. The average molecular weight is 157 g/mol. The smallest absolute Gasteiger partial charge is 0.118 e. The van der Waals surface area contributed by atoms with Gasteiger partial charge in [0.1, 0.15) is 5.72 Å². The van der Waals surface area contributed by atoms with Crippen LogP contribution in [0.3, 0.4) is 0 Å². The van der Waals surface area contributed by atoms with Crippen molar-refractivity contribution >= 4 is 0 Å². The molecule has 0 spiro atoms. The molecule has 3 nitrogen and oxygen atoms in total. The lowest BCUT2D eigenvalue weighted by atomic mass is 9.86. The molecule has 1 saturated heterocycles. The van der Waals surface area contributed by atoms with Crippen LogP contribution >= 0.6 is 0 Å². The first-order chi connectivity index (χ1) is 5.31. The van der Waals surface area contributed by atoms with Crippen molar-refractivity contribution in [3.05, 3.63) is 0 Å². The maximum absolute atomic E-state index is 9.91. The van der Waals surface area contributed by atoms with E-state index in [1.165, 1.54) is 6.42 Å². The summed E-state index contributed by atoms with van der Waals surface area (Å²) in [7, 11) is 0. The summed E-state index contributed by atoms with van der Waals surface area (Å²) in [5.74, 6) is 0. The minimum atomic E-state index is -0.455. The van der Waals surface area contributed by atoms with Gasteiger partial charge in [0, 0.05) is 13.1 Å². The summed E-state index contributed by atoms with van der Waals surface area (Å²) in [6.45, 7) is 3.36. The van der Waals surface area contributed by atoms with E-state index in [0.717, 1.165) is 39.1 Å². The van der Waals surface area contributed by atoms with Crippen molar-refractivity contribution in [1.29, 1.82) is 0 Å². The Balaban J connectivity index is 1.91. The predicted molar refractivity (Wildman–Crippen MR) is 41.2 cm³/mol. The SMILES string of the molecule is OC1(N2CCOCC2)CCC1. The zero-order valence-electron chi connectivity index (χ0n) is 6.75. The highest BCUT2D eigenvalue weighted by atomic mass is 16.5. The third kappa shape index (κ3) is 1.28. The van der Waals surface area contributed by atoms with Crippen LogP contribution in [0.2, 0.25) is 0 Å². The minimum absolute atomic E-state index is 0.455. The summed E-state index contributed by atoms with van der Waals surface area (Å²) in [5.41, 5.74) is -0.455. The van der Waals surface area contributed by atoms with Crippen molar-refractivity contribution in [2.75, 3.05) is 26.3 Å². The second-order valence-corrected chi connectivity index (χ2v) is 3.44. The lowest BCUT2D eigenvalue weighted by Crippen LogP contribution is -2.57. The molecule has 1 heterocycles. The van der Waals surface area contributed by atoms with Crippen LogP contribution in [0.15, 0.2) is 0 Å². The van der Waals surface area contributed by atoms with Gasteiger partial charge in [-0.25, -0.2) is 0 Å². The zero-order valence-corrected chi connectivity index (χ0v) is 6.75. The number of rotatable bonds is 1. The molecular weight excluding hydrogens is 142 g/mol. The number of hydrogen-bond acceptors (Lipinski definition) is 3. The van der Waals surface area contributed by atoms with Crippen LogP contribution in [0.5, 0.6) is 0 Å². The quantitative estimate of drug-likeness (QED) is 0.590. The molecule has 0 amide bonds. The van der Waals surface area contributed by atoms with E-state index in [1.54, 1.807) is 0 Å². The second kappa shape index (κ2) is 2.73. The van der Waals surface area contributed by atoms with Crippen molar-refractivity contribution in [2.45, 2.75) is 25.0 Å². The van der Waals surface area contributed by atoms with Crippen LogP contribution < -0.4 is 0 Å². The number of ether oxygens (including phenoxy) is 1. The van der Waals surface area contributed by atoms with E-state index < -0.39 is 5.72 Å². The summed E-state index contributed by atoms with van der Waals surface area (Å²) in [6.07, 6.45) is 3.08. The molecule has 1 aliphatic heterocycles. The van der Waals surface area contributed by atoms with Gasteiger partial charge in [0.2, 0.25) is 0 Å². The maximum atomic E-state index is 9.91. The molecule has 0 atom stereocenters. The van der Waals surface area contributed by atoms with Crippen molar-refractivity contribution in [2.24, 2.45) is 0 Å². The zero-order chi connectivity index (χ0) is 7.73. The van der Waals surface area contributed by atoms with Crippen LogP contribution in [0, 0.1) is 0 Å². The molecule has 1 N–H and O–H groups in total. The average Bonchev–Trinajstić information content (AvgIpc) is 2.02. The lowest BCUT2D eigenvalue weighted by molar-refractivity contribution is -0.184. The molecule has 0 aromatic rings. The van der Waals surface area contributed by atoms with Crippen LogP contribution in [0.1, 0.15) is 19.3 Å². The Kier molecular flexibility index (Phi) is 1.87. The molecule has 64 valence electrons. The topological polar surface area (TPSA) is 32.7 Å². The van der Waals surface area contributed by atoms with E-state index in [-0.39, 0.29) is 0 Å². The fourth-order valence-electron chi connectivity index (χ4n) is 1.79. The third-order valence-electron chi connectivity index (χ3n) is 2.75. The Morgan fingerprint density at radius 2 is 1.82 bits per heavy atom. The first-order valence-corrected chi connectivity index (χ1v) is 4.36. The molecule has 0 radical (unpaired) electrons. The van der Waals surface area contributed by atoms with Gasteiger partial charge in [-0.05, 0) is 19.3 Å². The molecular formula is C8H15NO2. The lowest BCUT2D eigenvalue weighted by Gasteiger charge is -2.47. The Morgan fingerprint density at radius 3 is 2.27 bits per heavy atom. The maximum Gasteiger partial charge on any atom is 0.118 e. The van der Waals surface area contributed by atoms with Gasteiger partial charge in [-0.1, -0.05) is 0 Å². The summed E-state index contributed by atoms with van der Waals surface area (Å²) in [4.78, 5) is 2.15. The summed E-state index contributed by atoms with van der Waals surface area (Å²) >= 11 is 0. The van der Waals surface area contributed by atoms with Gasteiger partial charge in [-0.15, -0.1) is 0 Å². The molecule has 0 aromatic carbocycles. The van der Waals surface area contributed by atoms with Crippen LogP contribution in [0.4, 0.5) is 0 Å². The standard InChI is InChI=1S/C8H15NO2/c10-8(2-1-3-8)9-4-6-11-7-5-9/h10H,1-7H2. The molecule has 0 bridgehead atoms. The van der Waals surface area contributed by atoms with E-state index in [2.05, 4.69) is 4.90 Å². The minimum Gasteiger partial charge on any atom is -0.379 e. The Labute approximate surface area is 66.9 Å².